The summed E-state index contributed by atoms with van der Waals surface area (Å²) in [7, 11) is 0. The number of unbranched alkanes of at least 4 members (excludes halogenated alkanes) is 22. The number of aliphatic hydroxyl groups excluding tert-OH is 1. The number of rotatable bonds is 35. The van der Waals surface area contributed by atoms with Gasteiger partial charge < -0.3 is 19.9 Å². The molecule has 0 aromatic heterocycles. The highest BCUT2D eigenvalue weighted by atomic mass is 35.5. The maximum absolute atomic E-state index is 12.9. The average Bonchev–Trinajstić information content (AvgIpc) is 3.14. The highest BCUT2D eigenvalue weighted by molar-refractivity contribution is 5.85. The minimum atomic E-state index is -0.798. The van der Waals surface area contributed by atoms with Crippen LogP contribution < -0.4 is 14.8 Å². The quantitative estimate of drug-likeness (QED) is 0.0308. The van der Waals surface area contributed by atoms with E-state index < -0.39 is 6.10 Å². The number of carbonyl (C=O) groups excluding carboxylic acids is 2. The van der Waals surface area contributed by atoms with Gasteiger partial charge in [0.25, 0.3) is 0 Å². The predicted molar refractivity (Wildman–Crippen MR) is 237 cm³/mol. The summed E-state index contributed by atoms with van der Waals surface area (Å²) in [6.45, 7) is 11.0. The van der Waals surface area contributed by atoms with E-state index in [9.17, 15) is 14.7 Å². The minimum Gasteiger partial charge on any atom is -0.423 e. The number of β-amino-alcohol motifs (C(OH)–C–C–N with tert-alkyl or cyclic N) is 1. The van der Waals surface area contributed by atoms with Gasteiger partial charge in [0.05, 0.1) is 6.10 Å². The number of hydrogen-bond acceptors (Lipinski definition) is 6. The first-order valence-corrected chi connectivity index (χ1v) is 22.4. The molecular weight excluding hydrogens is 706 g/mol. The molecule has 0 radical (unpaired) electrons. The van der Waals surface area contributed by atoms with E-state index in [1.165, 1.54) is 109 Å². The third-order valence-electron chi connectivity index (χ3n) is 9.91. The molecule has 2 N–H and O–H groups in total. The largest absolute Gasteiger partial charge is 0.423 e. The molecule has 0 aliphatic carbocycles. The summed E-state index contributed by atoms with van der Waals surface area (Å²) in [5.41, 5.74) is 0.451. The van der Waals surface area contributed by atoms with E-state index in [0.717, 1.165) is 57.8 Å². The van der Waals surface area contributed by atoms with Crippen molar-refractivity contribution >= 4 is 24.3 Å². The van der Waals surface area contributed by atoms with Gasteiger partial charge in [0.2, 0.25) is 0 Å². The van der Waals surface area contributed by atoms with Crippen LogP contribution in [0.4, 0.5) is 0 Å². The Bertz CT molecular complexity index is 1130. The van der Waals surface area contributed by atoms with Gasteiger partial charge in [0, 0.05) is 24.9 Å². The number of hydrogen-bond donors (Lipinski definition) is 2. The fraction of sp³-hybridized carbons (Fsp3) is 0.750. The topological polar surface area (TPSA) is 84.9 Å². The van der Waals surface area contributed by atoms with Crippen LogP contribution in [0.1, 0.15) is 226 Å². The van der Waals surface area contributed by atoms with Crippen molar-refractivity contribution in [3.05, 3.63) is 48.1 Å². The van der Waals surface area contributed by atoms with Crippen molar-refractivity contribution in [2.75, 3.05) is 6.54 Å². The maximum Gasteiger partial charge on any atom is 0.311 e. The molecule has 0 spiro atoms. The molecule has 1 rings (SSSR count). The highest BCUT2D eigenvalue weighted by Gasteiger charge is 2.19. The molecule has 0 fully saturated rings. The van der Waals surface area contributed by atoms with E-state index in [4.69, 9.17) is 9.47 Å². The first kappa shape index (κ1) is 52.9. The number of halogens is 1. The Morgan fingerprint density at radius 2 is 0.945 bits per heavy atom. The predicted octanol–water partition coefficient (Wildman–Crippen LogP) is 14.4. The van der Waals surface area contributed by atoms with Crippen LogP contribution in [0.3, 0.4) is 0 Å². The number of aliphatic hydroxyl groups is 1. The monoisotopic (exact) mass is 790 g/mol. The molecule has 318 valence electrons. The van der Waals surface area contributed by atoms with Gasteiger partial charge in [-0.25, -0.2) is 0 Å². The van der Waals surface area contributed by atoms with E-state index >= 15 is 0 Å². The lowest BCUT2D eigenvalue weighted by Gasteiger charge is -2.23. The standard InChI is InChI=1S/C48H83NO5.ClH/c1-6-8-10-12-14-16-18-20-22-24-26-28-30-32-34-36-46(51)53-44-39-38-42(43(50)41-49-48(3,4)5)40-45(44)54-47(52)37-35-33-31-29-27-25-23-21-19-17-15-13-11-9-7-2;/h20-23,38-40,43,49-50H,6-19,24-37,41H2,1-5H3;1H. The molecular formula is C48H84ClNO5. The van der Waals surface area contributed by atoms with Gasteiger partial charge >= 0.3 is 11.9 Å². The Labute approximate surface area is 344 Å². The van der Waals surface area contributed by atoms with Crippen molar-refractivity contribution in [2.24, 2.45) is 0 Å². The Morgan fingerprint density at radius 3 is 1.35 bits per heavy atom. The van der Waals surface area contributed by atoms with Crippen molar-refractivity contribution in [3.8, 4) is 11.5 Å². The van der Waals surface area contributed by atoms with Crippen molar-refractivity contribution in [1.29, 1.82) is 0 Å². The number of allylic oxidation sites excluding steroid dienone is 4. The van der Waals surface area contributed by atoms with Crippen LogP contribution in [-0.4, -0.2) is 29.1 Å². The molecule has 0 saturated heterocycles. The molecule has 1 unspecified atom stereocenters. The van der Waals surface area contributed by atoms with Gasteiger partial charge in [-0.1, -0.05) is 147 Å². The van der Waals surface area contributed by atoms with Gasteiger partial charge in [-0.3, -0.25) is 9.59 Å². The summed E-state index contributed by atoms with van der Waals surface area (Å²) in [5.74, 6) is -0.255. The fourth-order valence-corrected chi connectivity index (χ4v) is 6.44. The molecule has 0 bridgehead atoms. The third-order valence-corrected chi connectivity index (χ3v) is 9.91. The second-order valence-corrected chi connectivity index (χ2v) is 16.5. The Morgan fingerprint density at radius 1 is 0.582 bits per heavy atom. The number of esters is 2. The molecule has 55 heavy (non-hydrogen) atoms. The Balaban J connectivity index is 0.0000292. The summed E-state index contributed by atoms with van der Waals surface area (Å²) in [4.78, 5) is 25.7. The molecule has 1 aromatic carbocycles. The minimum absolute atomic E-state index is 0. The molecule has 0 saturated carbocycles. The van der Waals surface area contributed by atoms with Crippen LogP contribution in [0.5, 0.6) is 11.5 Å². The van der Waals surface area contributed by atoms with Gasteiger partial charge in [0.1, 0.15) is 0 Å². The lowest BCUT2D eigenvalue weighted by Crippen LogP contribution is -2.38. The normalized spacial score (nSPS) is 12.3. The van der Waals surface area contributed by atoms with Gasteiger partial charge in [-0.2, -0.15) is 0 Å². The molecule has 0 heterocycles. The fourth-order valence-electron chi connectivity index (χ4n) is 6.44. The van der Waals surface area contributed by atoms with Crippen LogP contribution in [0, 0.1) is 0 Å². The maximum atomic E-state index is 12.9. The second kappa shape index (κ2) is 36.2. The zero-order valence-corrected chi connectivity index (χ0v) is 36.9. The van der Waals surface area contributed by atoms with Crippen LogP contribution in [0.15, 0.2) is 42.5 Å². The molecule has 0 aliphatic heterocycles. The SMILES string of the molecule is CCCCCCCCC=CCCCCCCCC(=O)Oc1ccc(C(O)CNC(C)(C)C)cc1OC(=O)CCCCCCCC=CCCCCCCCC.Cl. The van der Waals surface area contributed by atoms with Crippen molar-refractivity contribution in [1.82, 2.24) is 5.32 Å². The number of nitrogens with one attached hydrogen (secondary N) is 1. The van der Waals surface area contributed by atoms with E-state index in [1.54, 1.807) is 18.2 Å². The van der Waals surface area contributed by atoms with Crippen LogP contribution in [-0.2, 0) is 9.59 Å². The summed E-state index contributed by atoms with van der Waals surface area (Å²) in [6, 6.07) is 5.01. The van der Waals surface area contributed by atoms with E-state index in [0.29, 0.717) is 24.9 Å². The van der Waals surface area contributed by atoms with Crippen LogP contribution >= 0.6 is 12.4 Å². The zero-order valence-electron chi connectivity index (χ0n) is 36.1. The Kier molecular flexibility index (Phi) is 34.8. The first-order chi connectivity index (χ1) is 26.2. The van der Waals surface area contributed by atoms with Crippen molar-refractivity contribution < 1.29 is 24.2 Å². The third kappa shape index (κ3) is 32.6. The molecule has 1 atom stereocenters. The summed E-state index contributed by atoms with van der Waals surface area (Å²) in [6.07, 6.45) is 40.4. The first-order valence-electron chi connectivity index (χ1n) is 22.4. The van der Waals surface area contributed by atoms with Crippen LogP contribution in [0.25, 0.3) is 0 Å². The van der Waals surface area contributed by atoms with Gasteiger partial charge in [0.15, 0.2) is 11.5 Å². The van der Waals surface area contributed by atoms with Gasteiger partial charge in [-0.05, 0) is 103 Å². The smallest absolute Gasteiger partial charge is 0.311 e. The Hall–Kier alpha value is -2.15. The molecule has 0 amide bonds. The molecule has 6 nitrogen and oxygen atoms in total. The zero-order chi connectivity index (χ0) is 39.5. The highest BCUT2D eigenvalue weighted by Crippen LogP contribution is 2.32. The molecule has 1 aromatic rings. The van der Waals surface area contributed by atoms with E-state index in [-0.39, 0.29) is 41.4 Å². The number of carbonyl (C=O) groups is 2. The summed E-state index contributed by atoms with van der Waals surface area (Å²) < 4.78 is 11.5. The van der Waals surface area contributed by atoms with Crippen molar-refractivity contribution in [3.63, 3.8) is 0 Å². The van der Waals surface area contributed by atoms with E-state index in [2.05, 4.69) is 43.5 Å². The van der Waals surface area contributed by atoms with Crippen LogP contribution in [0.2, 0.25) is 0 Å². The summed E-state index contributed by atoms with van der Waals surface area (Å²) in [5, 5.41) is 14.2. The summed E-state index contributed by atoms with van der Waals surface area (Å²) >= 11 is 0. The average molecular weight is 791 g/mol. The number of ether oxygens (including phenoxy) is 2. The lowest BCUT2D eigenvalue weighted by molar-refractivity contribution is -0.137. The molecule has 7 heteroatoms. The van der Waals surface area contributed by atoms with Crippen molar-refractivity contribution in [2.45, 2.75) is 226 Å². The molecule has 0 aliphatic rings. The van der Waals surface area contributed by atoms with E-state index in [1.807, 2.05) is 20.8 Å². The lowest BCUT2D eigenvalue weighted by atomic mass is 10.1. The van der Waals surface area contributed by atoms with Gasteiger partial charge in [-0.15, -0.1) is 12.4 Å². The number of benzene rings is 1. The second-order valence-electron chi connectivity index (χ2n) is 16.5.